The van der Waals surface area contributed by atoms with Crippen LogP contribution in [0.3, 0.4) is 0 Å². The molecule has 1 aliphatic heterocycles. The van der Waals surface area contributed by atoms with Crippen molar-refractivity contribution in [1.82, 2.24) is 5.32 Å². The Labute approximate surface area is 111 Å². The molecule has 0 amide bonds. The Kier molecular flexibility index (Phi) is 3.47. The van der Waals surface area contributed by atoms with Gasteiger partial charge in [0.25, 0.3) is 0 Å². The summed E-state index contributed by atoms with van der Waals surface area (Å²) in [5.74, 6) is -21.7. The second-order valence-corrected chi connectivity index (χ2v) is 6.78. The fraction of sp³-hybridized carbons (Fsp3) is 0.857. The number of hydrogen-bond donors (Lipinski definition) is 0. The summed E-state index contributed by atoms with van der Waals surface area (Å²) in [5.41, 5.74) is 0. The van der Waals surface area contributed by atoms with Crippen LogP contribution in [0.1, 0.15) is 0 Å². The molecule has 0 bridgehead atoms. The molecule has 0 aromatic heterocycles. The van der Waals surface area contributed by atoms with Crippen molar-refractivity contribution in [3.05, 3.63) is 0 Å². The Morgan fingerprint density at radius 1 is 0.652 bits per heavy atom. The van der Waals surface area contributed by atoms with Crippen LogP contribution >= 0.6 is 0 Å². The topological polar surface area (TPSA) is 3.24 Å². The van der Waals surface area contributed by atoms with Gasteiger partial charge < -0.3 is 0 Å². The maximum atomic E-state index is 13.1. The first kappa shape index (κ1) is 18.9. The molecule has 0 aromatic carbocycles. The van der Waals surface area contributed by atoms with Gasteiger partial charge in [-0.2, -0.15) is 0 Å². The van der Waals surface area contributed by atoms with Crippen LogP contribution in [0.2, 0.25) is 0 Å². The van der Waals surface area contributed by atoms with Gasteiger partial charge in [0.2, 0.25) is 0 Å². The Balaban J connectivity index is 3.70. The molecule has 0 spiro atoms. The van der Waals surface area contributed by atoms with E-state index in [1.807, 2.05) is 0 Å². The van der Waals surface area contributed by atoms with Gasteiger partial charge in [-0.25, -0.2) is 0 Å². The monoisotopic (exact) mass is 613 g/mol. The van der Waals surface area contributed by atoms with E-state index < -0.39 is 48.0 Å². The molecule has 0 atom stereocenters. The van der Waals surface area contributed by atoms with Crippen LogP contribution in [0.4, 0.5) is 61.5 Å². The molecular formula is C7CfF14N. The molecule has 141 valence electrons. The van der Waals surface area contributed by atoms with E-state index in [0.717, 1.165) is 0 Å². The number of alkyl halides is 13. The van der Waals surface area contributed by atoms with Gasteiger partial charge in [-0.1, -0.05) is 0 Å². The summed E-state index contributed by atoms with van der Waals surface area (Å²) < 4.78 is 172. The van der Waals surface area contributed by atoms with Gasteiger partial charge in [0, 0.05) is 0 Å². The van der Waals surface area contributed by atoms with Gasteiger partial charge >= 0.3 is 109 Å². The van der Waals surface area contributed by atoms with E-state index in [9.17, 15) is 61.5 Å². The number of rotatable bonds is 1. The standard InChI is InChI=1S/C5F10N.C2F4.Cf/c6-1(7)2(8,9)4(12,13)16-5(14,15)3(1,10)11;3-1-2(4,5)6;/q-1;;+1. The average Bonchev–Trinajstić information content (AvgIpc) is 2.31. The minimum absolute atomic E-state index is 2.80. The molecule has 0 aliphatic carbocycles. The molecule has 1 fully saturated rings. The molecule has 1 rings (SSSR count). The Bertz CT molecular complexity index is 488. The predicted octanol–water partition coefficient (Wildman–Crippen LogP) is 4.06. The first-order chi connectivity index (χ1) is 9.76. The maximum absolute atomic E-state index is 13.1. The van der Waals surface area contributed by atoms with E-state index in [0.29, 0.717) is 0 Å². The van der Waals surface area contributed by atoms with Crippen LogP contribution in [-0.4, -0.2) is 48.0 Å². The normalized spacial score (nSPS) is 29.0. The van der Waals surface area contributed by atoms with Crippen LogP contribution in [0, 0.1) is 0 Å². The zero-order chi connectivity index (χ0) is 18.9. The summed E-state index contributed by atoms with van der Waals surface area (Å²) >= 11 is 0. The summed E-state index contributed by atoms with van der Waals surface area (Å²) in [6.45, 7) is -3.65. The van der Waals surface area contributed by atoms with Crippen LogP contribution in [0.25, 0.3) is 0 Å². The van der Waals surface area contributed by atoms with Crippen LogP contribution < -0.4 is 0 Å². The second kappa shape index (κ2) is 4.23. The number of piperidine rings is 1. The number of hydrogen-bond acceptors (Lipinski definition) is 1. The zero-order valence-electron chi connectivity index (χ0n) is 9.55. The van der Waals surface area contributed by atoms with Crippen molar-refractivity contribution in [3.8, 4) is 0 Å². The van der Waals surface area contributed by atoms with Crippen molar-refractivity contribution in [2.45, 2.75) is 36.0 Å². The summed E-state index contributed by atoms with van der Waals surface area (Å²) in [4.78, 5) is 0. The second-order valence-electron chi connectivity index (χ2n) is 3.86. The molecule has 16 heteroatoms. The van der Waals surface area contributed by atoms with Crippen molar-refractivity contribution in [1.29, 1.82) is 0 Å². The third kappa shape index (κ3) is 2.03. The van der Waals surface area contributed by atoms with E-state index in [2.05, 4.69) is 0 Å². The molecule has 1 nitrogen and oxygen atoms in total. The van der Waals surface area contributed by atoms with Crippen molar-refractivity contribution in [3.63, 3.8) is 0 Å². The Morgan fingerprint density at radius 3 is 1.22 bits per heavy atom. The Morgan fingerprint density at radius 2 is 0.957 bits per heavy atom. The minimum atomic E-state index is -7.31. The van der Waals surface area contributed by atoms with E-state index in [4.69, 9.17) is 0 Å². The molecule has 1 heterocycles. The SMILES string of the molecule is F/[C](=[Cf]\[N]1C(F)(F)C(F)(F)C(F)(F)C(F)(F)C1(F)F)C(F)(F)F. The van der Waals surface area contributed by atoms with Gasteiger partial charge in [-0.15, -0.1) is 0 Å². The number of halogens is 14. The molecule has 0 radical (unpaired) electrons. The van der Waals surface area contributed by atoms with Gasteiger partial charge in [0.05, 0.1) is 0 Å². The van der Waals surface area contributed by atoms with E-state index >= 15 is 0 Å². The molecule has 23 heavy (non-hydrogen) atoms. The van der Waals surface area contributed by atoms with E-state index in [1.165, 1.54) is 0 Å². The zero-order valence-corrected chi connectivity index (χ0v) is 12.2. The van der Waals surface area contributed by atoms with Crippen LogP contribution in [0.15, 0.2) is 0 Å². The first-order valence-corrected chi connectivity index (χ1v) is 7.14. The van der Waals surface area contributed by atoms with Gasteiger partial charge in [-0.05, 0) is 0 Å². The van der Waals surface area contributed by atoms with Crippen LogP contribution in [0.5, 0.6) is 0 Å². The molecule has 1 saturated heterocycles. The average molecular weight is 615 g/mol. The van der Waals surface area contributed by atoms with Gasteiger partial charge in [-0.3, -0.25) is 0 Å². The molecule has 1 aliphatic rings. The third-order valence-electron chi connectivity index (χ3n) is 2.33. The van der Waals surface area contributed by atoms with E-state index in [1.54, 1.807) is 0 Å². The predicted molar refractivity (Wildman–Crippen MR) is 38.7 cm³/mol. The fourth-order valence-electron chi connectivity index (χ4n) is 1.17. The van der Waals surface area contributed by atoms with Crippen molar-refractivity contribution in [2.24, 2.45) is 0 Å². The van der Waals surface area contributed by atoms with E-state index in [-0.39, 0.29) is 0 Å². The van der Waals surface area contributed by atoms with Crippen molar-refractivity contribution in [2.75, 3.05) is 0 Å². The van der Waals surface area contributed by atoms with Crippen molar-refractivity contribution < 1.29 is 61.5 Å². The summed E-state index contributed by atoms with van der Waals surface area (Å²) in [6, 6.07) is -13.7. The molecule has 0 unspecified atom stereocenters. The molecule has 0 N–H and O–H groups in total. The number of nitrogens with zero attached hydrogens (tertiary/aromatic N) is 1. The molecule has 0 saturated carbocycles. The van der Waals surface area contributed by atoms with Gasteiger partial charge in [0.15, 0.2) is 0 Å². The Hall–Kier alpha value is -2.15. The molecule has 0 aromatic rings. The summed E-state index contributed by atoms with van der Waals surface area (Å²) in [7, 11) is 0. The fourth-order valence-corrected chi connectivity index (χ4v) is 3.50. The van der Waals surface area contributed by atoms with Crippen LogP contribution in [-0.2, 0) is 0 Å². The van der Waals surface area contributed by atoms with Crippen molar-refractivity contribution >= 4 is 6.67 Å². The van der Waals surface area contributed by atoms with Gasteiger partial charge in [0.1, 0.15) is 0 Å². The first-order valence-electron chi connectivity index (χ1n) is 4.64. The summed E-state index contributed by atoms with van der Waals surface area (Å²) in [6.07, 6.45) is -6.19. The third-order valence-corrected chi connectivity index (χ3v) is 5.66. The summed E-state index contributed by atoms with van der Waals surface area (Å²) in [5, 5.41) is -2.80. The quantitative estimate of drug-likeness (QED) is 0.318. The molecular weight excluding hydrogens is 615 g/mol.